The number of nitrogens with one attached hydrogen (secondary N) is 1. The number of fused-ring (bicyclic) bond motifs is 1. The van der Waals surface area contributed by atoms with Crippen molar-refractivity contribution in [2.75, 3.05) is 25.5 Å². The van der Waals surface area contributed by atoms with Gasteiger partial charge in [0.1, 0.15) is 5.00 Å². The van der Waals surface area contributed by atoms with Crippen LogP contribution in [0, 0.1) is 12.8 Å². The van der Waals surface area contributed by atoms with Crippen LogP contribution in [0.2, 0.25) is 0 Å². The van der Waals surface area contributed by atoms with Crippen LogP contribution >= 0.6 is 11.3 Å². The third-order valence-electron chi connectivity index (χ3n) is 6.86. The Bertz CT molecular complexity index is 1230. The van der Waals surface area contributed by atoms with E-state index in [4.69, 9.17) is 9.26 Å². The number of nitrogens with zero attached hydrogens (tertiary/aromatic N) is 3. The number of piperidine rings is 1. The summed E-state index contributed by atoms with van der Waals surface area (Å²) in [6.45, 7) is 4.14. The lowest BCUT2D eigenvalue weighted by Crippen LogP contribution is -2.37. The second kappa shape index (κ2) is 10.3. The highest BCUT2D eigenvalue weighted by Gasteiger charge is 2.30. The summed E-state index contributed by atoms with van der Waals surface area (Å²) >= 11 is 1.53. The summed E-state index contributed by atoms with van der Waals surface area (Å²) in [7, 11) is 1.39. The zero-order chi connectivity index (χ0) is 24.4. The van der Waals surface area contributed by atoms with Gasteiger partial charge in [-0.3, -0.25) is 9.69 Å². The van der Waals surface area contributed by atoms with Crippen LogP contribution in [-0.2, 0) is 28.9 Å². The van der Waals surface area contributed by atoms with Crippen LogP contribution in [-0.4, -0.2) is 47.1 Å². The predicted octanol–water partition coefficient (Wildman–Crippen LogP) is 4.62. The maximum absolute atomic E-state index is 13.1. The molecule has 8 nitrogen and oxygen atoms in total. The minimum atomic E-state index is -0.362. The quantitative estimate of drug-likeness (QED) is 0.499. The van der Waals surface area contributed by atoms with Crippen LogP contribution in [0.4, 0.5) is 5.00 Å². The van der Waals surface area contributed by atoms with Gasteiger partial charge < -0.3 is 14.6 Å². The maximum atomic E-state index is 13.1. The van der Waals surface area contributed by atoms with E-state index in [1.807, 2.05) is 31.2 Å². The number of likely N-dealkylation sites (tertiary alicyclic amines) is 1. The van der Waals surface area contributed by atoms with Gasteiger partial charge in [-0.05, 0) is 70.2 Å². The average molecular weight is 495 g/mol. The summed E-state index contributed by atoms with van der Waals surface area (Å²) in [4.78, 5) is 33.5. The molecule has 1 fully saturated rings. The van der Waals surface area contributed by atoms with Crippen LogP contribution in [0.5, 0.6) is 0 Å². The summed E-state index contributed by atoms with van der Waals surface area (Å²) in [5, 5.41) is 7.83. The van der Waals surface area contributed by atoms with Crippen molar-refractivity contribution in [2.24, 2.45) is 5.92 Å². The molecule has 2 aromatic heterocycles. The number of amides is 1. The molecule has 0 atom stereocenters. The number of benzene rings is 1. The van der Waals surface area contributed by atoms with Gasteiger partial charge in [-0.2, -0.15) is 4.98 Å². The third-order valence-corrected chi connectivity index (χ3v) is 8.07. The first-order valence-corrected chi connectivity index (χ1v) is 13.0. The highest BCUT2D eigenvalue weighted by molar-refractivity contribution is 7.17. The monoisotopic (exact) mass is 494 g/mol. The van der Waals surface area contributed by atoms with E-state index in [2.05, 4.69) is 20.4 Å². The summed E-state index contributed by atoms with van der Waals surface area (Å²) in [5.41, 5.74) is 3.70. The van der Waals surface area contributed by atoms with Crippen molar-refractivity contribution < 1.29 is 18.8 Å². The Morgan fingerprint density at radius 3 is 2.80 bits per heavy atom. The molecule has 9 heteroatoms. The van der Waals surface area contributed by atoms with Crippen LogP contribution < -0.4 is 5.32 Å². The van der Waals surface area contributed by atoms with E-state index in [9.17, 15) is 9.59 Å². The standard InChI is InChI=1S/C26H30N4O4S/c1-16-6-5-7-18(14-16)23-27-21(34-29-23)15-30-12-10-17(11-13-30)24(31)28-25-22(26(32)33-2)19-8-3-4-9-20(19)35-25/h5-7,14,17H,3-4,8-13,15H2,1-2H3,(H,28,31). The Balaban J connectivity index is 1.18. The molecular formula is C26H30N4O4S. The SMILES string of the molecule is COC(=O)c1c(NC(=O)C2CCN(Cc3nc(-c4cccc(C)c4)no3)CC2)sc2c1CCCC2. The van der Waals surface area contributed by atoms with Gasteiger partial charge in [-0.25, -0.2) is 4.79 Å². The fourth-order valence-electron chi connectivity index (χ4n) is 4.95. The number of carbonyl (C=O) groups is 2. The van der Waals surface area contributed by atoms with Crippen LogP contribution in [0.25, 0.3) is 11.4 Å². The number of carbonyl (C=O) groups excluding carboxylic acids is 2. The number of anilines is 1. The molecule has 0 radical (unpaired) electrons. The number of esters is 1. The van der Waals surface area contributed by atoms with Gasteiger partial charge >= 0.3 is 5.97 Å². The van der Waals surface area contributed by atoms with Gasteiger partial charge in [-0.15, -0.1) is 11.3 Å². The molecule has 1 aliphatic heterocycles. The zero-order valence-electron chi connectivity index (χ0n) is 20.1. The Kier molecular flexibility index (Phi) is 6.97. The molecule has 2 aliphatic rings. The number of hydrogen-bond donors (Lipinski definition) is 1. The molecule has 1 aliphatic carbocycles. The van der Waals surface area contributed by atoms with E-state index < -0.39 is 0 Å². The second-order valence-electron chi connectivity index (χ2n) is 9.33. The summed E-state index contributed by atoms with van der Waals surface area (Å²) in [6, 6.07) is 8.03. The first-order valence-electron chi connectivity index (χ1n) is 12.2. The van der Waals surface area contributed by atoms with Crippen LogP contribution in [0.3, 0.4) is 0 Å². The molecule has 35 heavy (non-hydrogen) atoms. The number of hydrogen-bond acceptors (Lipinski definition) is 8. The summed E-state index contributed by atoms with van der Waals surface area (Å²) in [5.74, 6) is 0.697. The number of aryl methyl sites for hydroxylation is 2. The number of methoxy groups -OCH3 is 1. The molecule has 3 heterocycles. The summed E-state index contributed by atoms with van der Waals surface area (Å²) < 4.78 is 10.5. The van der Waals surface area contributed by atoms with Gasteiger partial charge in [0.05, 0.1) is 19.2 Å². The van der Waals surface area contributed by atoms with Crippen molar-refractivity contribution >= 4 is 28.2 Å². The van der Waals surface area contributed by atoms with E-state index >= 15 is 0 Å². The van der Waals surface area contributed by atoms with Gasteiger partial charge in [0.2, 0.25) is 17.6 Å². The van der Waals surface area contributed by atoms with Gasteiger partial charge in [0.15, 0.2) is 0 Å². The van der Waals surface area contributed by atoms with E-state index in [1.165, 1.54) is 23.3 Å². The third kappa shape index (κ3) is 5.16. The molecule has 0 saturated carbocycles. The average Bonchev–Trinajstić information content (AvgIpc) is 3.48. The number of rotatable bonds is 6. The fraction of sp³-hybridized carbons (Fsp3) is 0.462. The van der Waals surface area contributed by atoms with Gasteiger partial charge in [-0.1, -0.05) is 28.9 Å². The van der Waals surface area contributed by atoms with Crippen molar-refractivity contribution in [3.8, 4) is 11.4 Å². The molecule has 5 rings (SSSR count). The Morgan fingerprint density at radius 2 is 2.03 bits per heavy atom. The van der Waals surface area contributed by atoms with Crippen molar-refractivity contribution in [1.82, 2.24) is 15.0 Å². The molecular weight excluding hydrogens is 464 g/mol. The van der Waals surface area contributed by atoms with E-state index in [0.717, 1.165) is 68.3 Å². The minimum Gasteiger partial charge on any atom is -0.465 e. The Labute approximate surface area is 208 Å². The lowest BCUT2D eigenvalue weighted by atomic mass is 9.94. The lowest BCUT2D eigenvalue weighted by molar-refractivity contribution is -0.121. The van der Waals surface area contributed by atoms with Crippen LogP contribution in [0.1, 0.15) is 57.9 Å². The molecule has 0 spiro atoms. The minimum absolute atomic E-state index is 0.0204. The first kappa shape index (κ1) is 23.7. The molecule has 1 aromatic carbocycles. The molecule has 1 amide bonds. The highest BCUT2D eigenvalue weighted by atomic mass is 32.1. The van der Waals surface area contributed by atoms with Crippen LogP contribution in [0.15, 0.2) is 28.8 Å². The number of aromatic nitrogens is 2. The van der Waals surface area contributed by atoms with Crippen molar-refractivity contribution in [3.05, 3.63) is 51.7 Å². The number of ether oxygens (including phenoxy) is 1. The topological polar surface area (TPSA) is 97.6 Å². The Hall–Kier alpha value is -3.04. The molecule has 0 unspecified atom stereocenters. The molecule has 3 aromatic rings. The van der Waals surface area contributed by atoms with Gasteiger partial charge in [0.25, 0.3) is 0 Å². The normalized spacial score (nSPS) is 16.6. The highest BCUT2D eigenvalue weighted by Crippen LogP contribution is 2.39. The smallest absolute Gasteiger partial charge is 0.341 e. The van der Waals surface area contributed by atoms with Crippen molar-refractivity contribution in [2.45, 2.75) is 52.0 Å². The molecule has 1 N–H and O–H groups in total. The van der Waals surface area contributed by atoms with Gasteiger partial charge in [0, 0.05) is 16.4 Å². The largest absolute Gasteiger partial charge is 0.465 e. The fourth-order valence-corrected chi connectivity index (χ4v) is 6.23. The zero-order valence-corrected chi connectivity index (χ0v) is 21.0. The number of thiophene rings is 1. The van der Waals surface area contributed by atoms with E-state index in [-0.39, 0.29) is 17.8 Å². The van der Waals surface area contributed by atoms with E-state index in [0.29, 0.717) is 28.8 Å². The first-order chi connectivity index (χ1) is 17.0. The maximum Gasteiger partial charge on any atom is 0.341 e. The van der Waals surface area contributed by atoms with Crippen molar-refractivity contribution in [3.63, 3.8) is 0 Å². The molecule has 1 saturated heterocycles. The molecule has 184 valence electrons. The summed E-state index contributed by atoms with van der Waals surface area (Å²) in [6.07, 6.45) is 5.48. The Morgan fingerprint density at radius 1 is 1.23 bits per heavy atom. The molecule has 0 bridgehead atoms. The van der Waals surface area contributed by atoms with E-state index in [1.54, 1.807) is 0 Å². The predicted molar refractivity (Wildman–Crippen MR) is 133 cm³/mol. The lowest BCUT2D eigenvalue weighted by Gasteiger charge is -2.30. The second-order valence-corrected chi connectivity index (χ2v) is 10.4. The van der Waals surface area contributed by atoms with Crippen molar-refractivity contribution in [1.29, 1.82) is 0 Å².